The van der Waals surface area contributed by atoms with E-state index in [0.29, 0.717) is 71.7 Å². The predicted octanol–water partition coefficient (Wildman–Crippen LogP) is 6.26. The lowest BCUT2D eigenvalue weighted by Gasteiger charge is -2.26. The highest BCUT2D eigenvalue weighted by atomic mass is 19.1. The number of halogens is 1. The van der Waals surface area contributed by atoms with E-state index in [4.69, 9.17) is 9.40 Å². The van der Waals surface area contributed by atoms with Crippen molar-refractivity contribution in [3.8, 4) is 22.8 Å². The molecule has 2 aliphatic rings. The van der Waals surface area contributed by atoms with Gasteiger partial charge in [0.2, 0.25) is 5.89 Å². The average molecular weight is 728 g/mol. The standard InChI is InChI=1S/C42H38FN5O6/c43-30-21-29(16-15-27(30)23-35(49)33-13-7-19-47(33)41(52)37(50)25-9-3-1-4-10-25)40-44-24-36(54-40)28-17-18-31-32(22-28)46-39(45-31)34-14-8-20-48(34)42(53)38(51)26-11-5-2-6-12-26/h1-6,9-12,15-18,21-22,24,33-34,37-38,50-51H,7-8,13-14,19-20,23H2,(H,45,46)/t33-,34-,37+,38+/m0/s1. The zero-order valence-electron chi connectivity index (χ0n) is 29.3. The maximum atomic E-state index is 15.4. The summed E-state index contributed by atoms with van der Waals surface area (Å²) in [5.74, 6) is -0.489. The number of hydrogen-bond acceptors (Lipinski definition) is 8. The molecule has 54 heavy (non-hydrogen) atoms. The molecule has 0 radical (unpaired) electrons. The van der Waals surface area contributed by atoms with Crippen LogP contribution in [0.3, 0.4) is 0 Å². The Balaban J connectivity index is 0.942. The number of aliphatic hydroxyl groups excluding tert-OH is 2. The van der Waals surface area contributed by atoms with Gasteiger partial charge in [0.25, 0.3) is 11.8 Å². The van der Waals surface area contributed by atoms with Gasteiger partial charge in [-0.15, -0.1) is 0 Å². The van der Waals surface area contributed by atoms with Gasteiger partial charge >= 0.3 is 0 Å². The molecule has 12 heteroatoms. The van der Waals surface area contributed by atoms with E-state index in [1.807, 2.05) is 24.3 Å². The number of nitrogens with one attached hydrogen (secondary N) is 1. The second kappa shape index (κ2) is 14.8. The Kier molecular flexibility index (Phi) is 9.61. The van der Waals surface area contributed by atoms with Gasteiger partial charge in [0.05, 0.1) is 29.3 Å². The van der Waals surface area contributed by atoms with E-state index in [-0.39, 0.29) is 35.6 Å². The number of aromatic amines is 1. The lowest BCUT2D eigenvalue weighted by Crippen LogP contribution is -2.43. The van der Waals surface area contributed by atoms with Crippen LogP contribution in [-0.2, 0) is 20.8 Å². The highest BCUT2D eigenvalue weighted by molar-refractivity contribution is 5.92. The minimum atomic E-state index is -1.37. The van der Waals surface area contributed by atoms with Crippen molar-refractivity contribution in [1.29, 1.82) is 0 Å². The largest absolute Gasteiger partial charge is 0.436 e. The summed E-state index contributed by atoms with van der Waals surface area (Å²) < 4.78 is 21.5. The second-order valence-electron chi connectivity index (χ2n) is 13.8. The molecular formula is C42H38FN5O6. The molecule has 274 valence electrons. The highest BCUT2D eigenvalue weighted by Gasteiger charge is 2.38. The topological polar surface area (TPSA) is 153 Å². The number of nitrogens with zero attached hydrogens (tertiary/aromatic N) is 4. The smallest absolute Gasteiger partial charge is 0.256 e. The number of aromatic nitrogens is 3. The van der Waals surface area contributed by atoms with E-state index >= 15 is 4.39 Å². The number of H-pyrrole nitrogens is 1. The van der Waals surface area contributed by atoms with Crippen molar-refractivity contribution < 1.29 is 33.4 Å². The van der Waals surface area contributed by atoms with Crippen LogP contribution in [0.5, 0.6) is 0 Å². The summed E-state index contributed by atoms with van der Waals surface area (Å²) in [6, 6.07) is 26.4. The molecule has 2 saturated heterocycles. The van der Waals surface area contributed by atoms with Gasteiger partial charge in [0.1, 0.15) is 11.6 Å². The van der Waals surface area contributed by atoms with E-state index in [2.05, 4.69) is 9.97 Å². The van der Waals surface area contributed by atoms with Crippen molar-refractivity contribution in [2.24, 2.45) is 0 Å². The normalized spacial score (nSPS) is 18.3. The molecule has 11 nitrogen and oxygen atoms in total. The van der Waals surface area contributed by atoms with Crippen LogP contribution in [0.4, 0.5) is 4.39 Å². The second-order valence-corrected chi connectivity index (χ2v) is 13.8. The van der Waals surface area contributed by atoms with Crippen molar-refractivity contribution in [3.05, 3.63) is 132 Å². The summed E-state index contributed by atoms with van der Waals surface area (Å²) >= 11 is 0. The summed E-state index contributed by atoms with van der Waals surface area (Å²) in [6.45, 7) is 0.872. The molecule has 4 atom stereocenters. The lowest BCUT2D eigenvalue weighted by molar-refractivity contribution is -0.144. The van der Waals surface area contributed by atoms with Gasteiger partial charge in [-0.2, -0.15) is 0 Å². The maximum absolute atomic E-state index is 15.4. The Bertz CT molecular complexity index is 2330. The van der Waals surface area contributed by atoms with Gasteiger partial charge in [0, 0.05) is 30.6 Å². The van der Waals surface area contributed by atoms with Crippen molar-refractivity contribution in [3.63, 3.8) is 0 Å². The number of carbonyl (C=O) groups excluding carboxylic acids is 3. The summed E-state index contributed by atoms with van der Waals surface area (Å²) in [4.78, 5) is 55.4. The molecule has 0 spiro atoms. The summed E-state index contributed by atoms with van der Waals surface area (Å²) in [5.41, 5.74) is 3.75. The van der Waals surface area contributed by atoms with Crippen LogP contribution >= 0.6 is 0 Å². The quantitative estimate of drug-likeness (QED) is 0.150. The number of ketones is 1. The van der Waals surface area contributed by atoms with E-state index < -0.39 is 30.0 Å². The number of oxazole rings is 1. The number of aliphatic hydroxyl groups is 2. The number of fused-ring (bicyclic) bond motifs is 1. The molecule has 0 saturated carbocycles. The Morgan fingerprint density at radius 3 is 2.17 bits per heavy atom. The zero-order valence-corrected chi connectivity index (χ0v) is 29.3. The van der Waals surface area contributed by atoms with Crippen LogP contribution in [0, 0.1) is 5.82 Å². The van der Waals surface area contributed by atoms with Gasteiger partial charge in [-0.3, -0.25) is 14.4 Å². The molecule has 2 amide bonds. The summed E-state index contributed by atoms with van der Waals surface area (Å²) in [6.07, 6.45) is 1.30. The molecule has 4 heterocycles. The fourth-order valence-electron chi connectivity index (χ4n) is 7.56. The molecule has 2 aromatic heterocycles. The van der Waals surface area contributed by atoms with Crippen LogP contribution < -0.4 is 0 Å². The Morgan fingerprint density at radius 1 is 0.815 bits per heavy atom. The molecule has 2 aliphatic heterocycles. The maximum Gasteiger partial charge on any atom is 0.256 e. The van der Waals surface area contributed by atoms with E-state index in [1.165, 1.54) is 17.0 Å². The molecular weight excluding hydrogens is 689 g/mol. The summed E-state index contributed by atoms with van der Waals surface area (Å²) in [5, 5.41) is 21.4. The third-order valence-electron chi connectivity index (χ3n) is 10.4. The lowest BCUT2D eigenvalue weighted by atomic mass is 9.99. The van der Waals surface area contributed by atoms with Crippen molar-refractivity contribution in [2.45, 2.75) is 56.4 Å². The molecule has 4 aromatic carbocycles. The van der Waals surface area contributed by atoms with Crippen LogP contribution in [0.15, 0.2) is 108 Å². The minimum Gasteiger partial charge on any atom is -0.436 e. The van der Waals surface area contributed by atoms with E-state index in [1.54, 1.807) is 71.8 Å². The molecule has 2 fully saturated rings. The number of carbonyl (C=O) groups is 3. The number of Topliss-reactive ketones (excluding diaryl/α,β-unsaturated/α-hetero) is 1. The monoisotopic (exact) mass is 727 g/mol. The first-order chi connectivity index (χ1) is 26.2. The number of amides is 2. The number of benzene rings is 4. The third kappa shape index (κ3) is 6.81. The van der Waals surface area contributed by atoms with Crippen LogP contribution in [0.25, 0.3) is 33.8 Å². The number of hydrogen-bond donors (Lipinski definition) is 3. The molecule has 6 aromatic rings. The van der Waals surface area contributed by atoms with Gasteiger partial charge in [0.15, 0.2) is 23.8 Å². The first kappa shape index (κ1) is 35.1. The Hall–Kier alpha value is -5.98. The van der Waals surface area contributed by atoms with Crippen molar-refractivity contribution in [1.82, 2.24) is 24.8 Å². The Morgan fingerprint density at radius 2 is 1.46 bits per heavy atom. The highest BCUT2D eigenvalue weighted by Crippen LogP contribution is 2.35. The van der Waals surface area contributed by atoms with Gasteiger partial charge in [-0.25, -0.2) is 14.4 Å². The van der Waals surface area contributed by atoms with Crippen LogP contribution in [0.1, 0.15) is 66.4 Å². The van der Waals surface area contributed by atoms with Gasteiger partial charge in [-0.05, 0) is 72.7 Å². The number of likely N-dealkylation sites (tertiary alicyclic amines) is 2. The van der Waals surface area contributed by atoms with Crippen LogP contribution in [0.2, 0.25) is 0 Å². The zero-order chi connectivity index (χ0) is 37.3. The van der Waals surface area contributed by atoms with Crippen LogP contribution in [-0.4, -0.2) is 71.7 Å². The fourth-order valence-corrected chi connectivity index (χ4v) is 7.56. The third-order valence-corrected chi connectivity index (χ3v) is 10.4. The molecule has 3 N–H and O–H groups in total. The molecule has 0 bridgehead atoms. The van der Waals surface area contributed by atoms with Crippen molar-refractivity contribution >= 4 is 28.6 Å². The van der Waals surface area contributed by atoms with Gasteiger partial charge < -0.3 is 29.4 Å². The molecule has 8 rings (SSSR count). The van der Waals surface area contributed by atoms with E-state index in [0.717, 1.165) is 11.9 Å². The first-order valence-electron chi connectivity index (χ1n) is 18.1. The first-order valence-corrected chi connectivity index (χ1v) is 18.1. The minimum absolute atomic E-state index is 0.191. The molecule has 0 aliphatic carbocycles. The molecule has 0 unspecified atom stereocenters. The SMILES string of the molecule is O=C(Cc1ccc(-c2ncc(-c3ccc4nc([C@@H]5CCCN5C(=O)[C@H](O)c5ccccc5)[nH]c4c3)o2)cc1F)[C@@H]1CCCN1C(=O)[C@H](O)c1ccccc1. The average Bonchev–Trinajstić information content (AvgIpc) is 4.04. The Labute approximate surface area is 310 Å². The number of imidazole rings is 1. The van der Waals surface area contributed by atoms with E-state index in [9.17, 15) is 24.6 Å². The van der Waals surface area contributed by atoms with Gasteiger partial charge in [-0.1, -0.05) is 66.7 Å². The summed E-state index contributed by atoms with van der Waals surface area (Å²) in [7, 11) is 0. The van der Waals surface area contributed by atoms with Crippen molar-refractivity contribution in [2.75, 3.05) is 13.1 Å². The fraction of sp³-hybridized carbons (Fsp3) is 0.262. The predicted molar refractivity (Wildman–Crippen MR) is 197 cm³/mol. The number of rotatable bonds is 10.